The number of amides is 1. The first-order valence-electron chi connectivity index (χ1n) is 8.46. The van der Waals surface area contributed by atoms with Crippen molar-refractivity contribution in [2.45, 2.75) is 57.0 Å². The van der Waals surface area contributed by atoms with Crippen LogP contribution >= 0.6 is 0 Å². The van der Waals surface area contributed by atoms with Crippen LogP contribution in [-0.4, -0.2) is 72.5 Å². The van der Waals surface area contributed by atoms with Gasteiger partial charge in [-0.25, -0.2) is 0 Å². The van der Waals surface area contributed by atoms with E-state index in [0.717, 1.165) is 51.2 Å². The first-order chi connectivity index (χ1) is 9.74. The predicted octanol–water partition coefficient (Wildman–Crippen LogP) is 1.56. The zero-order chi connectivity index (χ0) is 13.9. The highest BCUT2D eigenvalue weighted by atomic mass is 16.2. The number of hydrogen-bond acceptors (Lipinski definition) is 3. The lowest BCUT2D eigenvalue weighted by Crippen LogP contribution is -2.48. The highest BCUT2D eigenvalue weighted by Gasteiger charge is 2.35. The van der Waals surface area contributed by atoms with Crippen LogP contribution in [0.2, 0.25) is 0 Å². The molecule has 20 heavy (non-hydrogen) atoms. The van der Waals surface area contributed by atoms with E-state index in [4.69, 9.17) is 0 Å². The van der Waals surface area contributed by atoms with E-state index in [1.807, 2.05) is 0 Å². The molecule has 1 saturated heterocycles. The molecule has 0 N–H and O–H groups in total. The Morgan fingerprint density at radius 3 is 2.20 bits per heavy atom. The van der Waals surface area contributed by atoms with Gasteiger partial charge in [0.25, 0.3) is 0 Å². The molecule has 2 saturated carbocycles. The van der Waals surface area contributed by atoms with Crippen LogP contribution in [0, 0.1) is 0 Å². The summed E-state index contributed by atoms with van der Waals surface area (Å²) < 4.78 is 0. The minimum Gasteiger partial charge on any atom is -0.340 e. The summed E-state index contributed by atoms with van der Waals surface area (Å²) in [6.07, 6.45) is 8.95. The Morgan fingerprint density at radius 2 is 1.60 bits per heavy atom. The van der Waals surface area contributed by atoms with Gasteiger partial charge in [0.1, 0.15) is 0 Å². The number of carbonyl (C=O) groups excluding carboxylic acids is 1. The van der Waals surface area contributed by atoms with Gasteiger partial charge in [0.2, 0.25) is 5.91 Å². The van der Waals surface area contributed by atoms with Crippen LogP contribution in [0.5, 0.6) is 0 Å². The fraction of sp³-hybridized carbons (Fsp3) is 0.938. The quantitative estimate of drug-likeness (QED) is 0.764. The Bertz CT molecular complexity index is 329. The topological polar surface area (TPSA) is 26.8 Å². The Morgan fingerprint density at radius 1 is 1.00 bits per heavy atom. The largest absolute Gasteiger partial charge is 0.340 e. The number of rotatable bonds is 5. The summed E-state index contributed by atoms with van der Waals surface area (Å²) in [4.78, 5) is 19.4. The number of hydrogen-bond donors (Lipinski definition) is 0. The van der Waals surface area contributed by atoms with Crippen molar-refractivity contribution in [2.24, 2.45) is 0 Å². The maximum absolute atomic E-state index is 12.3. The van der Waals surface area contributed by atoms with Crippen molar-refractivity contribution in [3.8, 4) is 0 Å². The summed E-state index contributed by atoms with van der Waals surface area (Å²) in [5.41, 5.74) is 0. The molecule has 0 radical (unpaired) electrons. The highest BCUT2D eigenvalue weighted by Crippen LogP contribution is 2.34. The second-order valence-electron chi connectivity index (χ2n) is 6.84. The minimum atomic E-state index is 0.377. The first kappa shape index (κ1) is 14.3. The third kappa shape index (κ3) is 3.53. The minimum absolute atomic E-state index is 0.377. The lowest BCUT2D eigenvalue weighted by Gasteiger charge is -2.34. The third-order valence-corrected chi connectivity index (χ3v) is 5.25. The SMILES string of the molecule is CN1CCN(C(=O)CCN(C2CCCC2)C2CC2)CC1. The average molecular weight is 279 g/mol. The lowest BCUT2D eigenvalue weighted by molar-refractivity contribution is -0.133. The fourth-order valence-electron chi connectivity index (χ4n) is 3.74. The van der Waals surface area contributed by atoms with E-state index in [9.17, 15) is 4.79 Å². The van der Waals surface area contributed by atoms with E-state index >= 15 is 0 Å². The van der Waals surface area contributed by atoms with Gasteiger partial charge in [0.15, 0.2) is 0 Å². The van der Waals surface area contributed by atoms with Crippen LogP contribution < -0.4 is 0 Å². The van der Waals surface area contributed by atoms with Crippen molar-refractivity contribution >= 4 is 5.91 Å². The second-order valence-corrected chi connectivity index (χ2v) is 6.84. The molecule has 3 fully saturated rings. The first-order valence-corrected chi connectivity index (χ1v) is 8.46. The van der Waals surface area contributed by atoms with Crippen LogP contribution in [-0.2, 0) is 4.79 Å². The van der Waals surface area contributed by atoms with E-state index in [1.54, 1.807) is 0 Å². The van der Waals surface area contributed by atoms with Crippen molar-refractivity contribution in [1.82, 2.24) is 14.7 Å². The Kier molecular flexibility index (Phi) is 4.61. The van der Waals surface area contributed by atoms with Gasteiger partial charge in [0, 0.05) is 51.2 Å². The van der Waals surface area contributed by atoms with Gasteiger partial charge < -0.3 is 9.80 Å². The maximum atomic E-state index is 12.3. The van der Waals surface area contributed by atoms with Gasteiger partial charge in [0.05, 0.1) is 0 Å². The Hall–Kier alpha value is -0.610. The van der Waals surface area contributed by atoms with Crippen LogP contribution in [0.25, 0.3) is 0 Å². The van der Waals surface area contributed by atoms with Gasteiger partial charge in [-0.05, 0) is 32.7 Å². The van der Waals surface area contributed by atoms with E-state index in [2.05, 4.69) is 21.7 Å². The molecule has 2 aliphatic carbocycles. The monoisotopic (exact) mass is 279 g/mol. The molecule has 0 spiro atoms. The van der Waals surface area contributed by atoms with Crippen LogP contribution in [0.1, 0.15) is 44.9 Å². The van der Waals surface area contributed by atoms with Crippen molar-refractivity contribution in [1.29, 1.82) is 0 Å². The van der Waals surface area contributed by atoms with Crippen LogP contribution in [0.3, 0.4) is 0 Å². The predicted molar refractivity (Wildman–Crippen MR) is 80.7 cm³/mol. The van der Waals surface area contributed by atoms with Gasteiger partial charge in [-0.2, -0.15) is 0 Å². The smallest absolute Gasteiger partial charge is 0.223 e. The standard InChI is InChI=1S/C16H29N3O/c1-17-10-12-18(13-11-17)16(20)8-9-19(15-6-7-15)14-4-2-3-5-14/h14-15H,2-13H2,1H3. The lowest BCUT2D eigenvalue weighted by atomic mass is 10.2. The Labute approximate surface area is 123 Å². The zero-order valence-corrected chi connectivity index (χ0v) is 12.9. The molecule has 0 aromatic rings. The molecule has 114 valence electrons. The van der Waals surface area contributed by atoms with Crippen LogP contribution in [0.15, 0.2) is 0 Å². The normalized spacial score (nSPS) is 25.6. The molecule has 0 aromatic heterocycles. The van der Waals surface area contributed by atoms with Gasteiger partial charge in [-0.1, -0.05) is 12.8 Å². The van der Waals surface area contributed by atoms with Crippen molar-refractivity contribution in [3.63, 3.8) is 0 Å². The molecule has 0 bridgehead atoms. The summed E-state index contributed by atoms with van der Waals surface area (Å²) >= 11 is 0. The molecule has 0 aromatic carbocycles. The molecule has 3 rings (SSSR count). The van der Waals surface area contributed by atoms with Crippen molar-refractivity contribution in [2.75, 3.05) is 39.8 Å². The maximum Gasteiger partial charge on any atom is 0.223 e. The molecule has 4 nitrogen and oxygen atoms in total. The number of nitrogens with zero attached hydrogens (tertiary/aromatic N) is 3. The molecule has 1 amide bonds. The van der Waals surface area contributed by atoms with E-state index in [0.29, 0.717) is 5.91 Å². The summed E-state index contributed by atoms with van der Waals surface area (Å²) in [6, 6.07) is 1.58. The molecular weight excluding hydrogens is 250 g/mol. The molecule has 3 aliphatic rings. The average Bonchev–Trinajstić information content (AvgIpc) is 3.14. The summed E-state index contributed by atoms with van der Waals surface area (Å²) in [5, 5.41) is 0. The number of carbonyl (C=O) groups is 1. The zero-order valence-electron chi connectivity index (χ0n) is 12.9. The number of piperazine rings is 1. The molecule has 1 heterocycles. The summed E-state index contributed by atoms with van der Waals surface area (Å²) in [6.45, 7) is 4.90. The second kappa shape index (κ2) is 6.44. The molecular formula is C16H29N3O. The summed E-state index contributed by atoms with van der Waals surface area (Å²) in [5.74, 6) is 0.377. The summed E-state index contributed by atoms with van der Waals surface area (Å²) in [7, 11) is 2.14. The van der Waals surface area contributed by atoms with Crippen molar-refractivity contribution < 1.29 is 4.79 Å². The number of likely N-dealkylation sites (N-methyl/N-ethyl adjacent to an activating group) is 1. The molecule has 0 unspecified atom stereocenters. The molecule has 0 atom stereocenters. The van der Waals surface area contributed by atoms with E-state index in [-0.39, 0.29) is 0 Å². The Balaban J connectivity index is 1.45. The molecule has 4 heteroatoms. The van der Waals surface area contributed by atoms with Gasteiger partial charge in [-0.15, -0.1) is 0 Å². The fourth-order valence-corrected chi connectivity index (χ4v) is 3.74. The highest BCUT2D eigenvalue weighted by molar-refractivity contribution is 5.76. The van der Waals surface area contributed by atoms with Crippen molar-refractivity contribution in [3.05, 3.63) is 0 Å². The third-order valence-electron chi connectivity index (χ3n) is 5.25. The molecule has 1 aliphatic heterocycles. The van der Waals surface area contributed by atoms with Gasteiger partial charge >= 0.3 is 0 Å². The van der Waals surface area contributed by atoms with Crippen LogP contribution in [0.4, 0.5) is 0 Å². The van der Waals surface area contributed by atoms with Gasteiger partial charge in [-0.3, -0.25) is 9.69 Å². The van der Waals surface area contributed by atoms with E-state index < -0.39 is 0 Å². The van der Waals surface area contributed by atoms with E-state index in [1.165, 1.54) is 38.5 Å².